The first-order valence-electron chi connectivity index (χ1n) is 7.37. The van der Waals surface area contributed by atoms with Crippen LogP contribution < -0.4 is 10.1 Å². The number of carbonyl (C=O) groups is 2. The maximum atomic E-state index is 12.3. The molecule has 4 nitrogen and oxygen atoms in total. The number of hydrogen-bond donors (Lipinski definition) is 1. The van der Waals surface area contributed by atoms with Crippen LogP contribution in [0.15, 0.2) is 46.9 Å². The number of benzene rings is 2. The van der Waals surface area contributed by atoms with Gasteiger partial charge < -0.3 is 10.1 Å². The Kier molecular flexibility index (Phi) is 4.48. The SMILES string of the molecule is COc1ccc(C(=O)Nc2ccc(C(=O)C3CC3)cc2)cc1Br. The van der Waals surface area contributed by atoms with Crippen LogP contribution in [0.4, 0.5) is 5.69 Å². The molecule has 0 radical (unpaired) electrons. The van der Waals surface area contributed by atoms with E-state index in [1.54, 1.807) is 49.6 Å². The van der Waals surface area contributed by atoms with Gasteiger partial charge in [-0.15, -0.1) is 0 Å². The number of ether oxygens (including phenoxy) is 1. The van der Waals surface area contributed by atoms with Crippen LogP contribution in [0.3, 0.4) is 0 Å². The zero-order chi connectivity index (χ0) is 16.4. The zero-order valence-electron chi connectivity index (χ0n) is 12.6. The van der Waals surface area contributed by atoms with Crippen molar-refractivity contribution in [2.24, 2.45) is 5.92 Å². The second-order valence-electron chi connectivity index (χ2n) is 5.52. The molecule has 1 aliphatic rings. The number of nitrogens with one attached hydrogen (secondary N) is 1. The van der Waals surface area contributed by atoms with Crippen molar-refractivity contribution >= 4 is 33.3 Å². The molecule has 0 atom stereocenters. The molecular weight excluding hydrogens is 358 g/mol. The highest BCUT2D eigenvalue weighted by Crippen LogP contribution is 2.32. The number of anilines is 1. The van der Waals surface area contributed by atoms with E-state index in [0.717, 1.165) is 17.3 Å². The van der Waals surface area contributed by atoms with E-state index in [9.17, 15) is 9.59 Å². The number of hydrogen-bond acceptors (Lipinski definition) is 3. The van der Waals surface area contributed by atoms with E-state index < -0.39 is 0 Å². The Bertz CT molecular complexity index is 751. The molecule has 1 N–H and O–H groups in total. The predicted octanol–water partition coefficient (Wildman–Crippen LogP) is 4.30. The maximum absolute atomic E-state index is 12.3. The van der Waals surface area contributed by atoms with Gasteiger partial charge in [0.05, 0.1) is 11.6 Å². The molecule has 3 rings (SSSR count). The quantitative estimate of drug-likeness (QED) is 0.794. The fraction of sp³-hybridized carbons (Fsp3) is 0.222. The molecule has 1 aliphatic carbocycles. The average molecular weight is 374 g/mol. The largest absolute Gasteiger partial charge is 0.496 e. The summed E-state index contributed by atoms with van der Waals surface area (Å²) < 4.78 is 5.87. The van der Waals surface area contributed by atoms with Crippen molar-refractivity contribution in [3.63, 3.8) is 0 Å². The second kappa shape index (κ2) is 6.54. The smallest absolute Gasteiger partial charge is 0.255 e. The molecule has 23 heavy (non-hydrogen) atoms. The monoisotopic (exact) mass is 373 g/mol. The molecule has 1 saturated carbocycles. The van der Waals surface area contributed by atoms with Gasteiger partial charge in [-0.2, -0.15) is 0 Å². The molecule has 2 aromatic rings. The normalized spacial score (nSPS) is 13.5. The highest BCUT2D eigenvalue weighted by atomic mass is 79.9. The summed E-state index contributed by atoms with van der Waals surface area (Å²) in [5, 5.41) is 2.82. The fourth-order valence-electron chi connectivity index (χ4n) is 2.31. The molecule has 0 spiro atoms. The number of Topliss-reactive ketones (excluding diaryl/α,β-unsaturated/α-hetero) is 1. The minimum Gasteiger partial charge on any atom is -0.496 e. The van der Waals surface area contributed by atoms with E-state index in [4.69, 9.17) is 4.74 Å². The second-order valence-corrected chi connectivity index (χ2v) is 6.37. The third kappa shape index (κ3) is 3.62. The summed E-state index contributed by atoms with van der Waals surface area (Å²) in [5.41, 5.74) is 1.89. The van der Waals surface area contributed by atoms with Crippen molar-refractivity contribution in [1.29, 1.82) is 0 Å². The van der Waals surface area contributed by atoms with Crippen LogP contribution in [-0.2, 0) is 0 Å². The summed E-state index contributed by atoms with van der Waals surface area (Å²) in [7, 11) is 1.57. The van der Waals surface area contributed by atoms with Gasteiger partial charge in [0, 0.05) is 22.7 Å². The molecule has 1 fully saturated rings. The van der Waals surface area contributed by atoms with E-state index in [1.165, 1.54) is 0 Å². The molecule has 0 saturated heterocycles. The third-order valence-electron chi connectivity index (χ3n) is 3.79. The molecule has 0 heterocycles. The maximum Gasteiger partial charge on any atom is 0.255 e. The van der Waals surface area contributed by atoms with Gasteiger partial charge in [-0.05, 0) is 71.2 Å². The summed E-state index contributed by atoms with van der Waals surface area (Å²) >= 11 is 3.36. The molecule has 0 aliphatic heterocycles. The van der Waals surface area contributed by atoms with Crippen LogP contribution >= 0.6 is 15.9 Å². The first-order valence-corrected chi connectivity index (χ1v) is 8.17. The molecule has 2 aromatic carbocycles. The summed E-state index contributed by atoms with van der Waals surface area (Å²) in [5.74, 6) is 0.855. The number of carbonyl (C=O) groups excluding carboxylic acids is 2. The number of methoxy groups -OCH3 is 1. The van der Waals surface area contributed by atoms with Crippen LogP contribution in [0.25, 0.3) is 0 Å². The van der Waals surface area contributed by atoms with Gasteiger partial charge in [-0.25, -0.2) is 0 Å². The topological polar surface area (TPSA) is 55.4 Å². The Morgan fingerprint density at radius 3 is 2.30 bits per heavy atom. The molecule has 0 unspecified atom stereocenters. The van der Waals surface area contributed by atoms with Crippen LogP contribution in [-0.4, -0.2) is 18.8 Å². The number of amides is 1. The van der Waals surface area contributed by atoms with Crippen LogP contribution in [0.2, 0.25) is 0 Å². The first kappa shape index (κ1) is 15.7. The van der Waals surface area contributed by atoms with E-state index in [2.05, 4.69) is 21.2 Å². The fourth-order valence-corrected chi connectivity index (χ4v) is 2.85. The van der Waals surface area contributed by atoms with Gasteiger partial charge >= 0.3 is 0 Å². The lowest BCUT2D eigenvalue weighted by Crippen LogP contribution is -2.12. The van der Waals surface area contributed by atoms with Crippen molar-refractivity contribution < 1.29 is 14.3 Å². The first-order chi connectivity index (χ1) is 11.1. The third-order valence-corrected chi connectivity index (χ3v) is 4.41. The predicted molar refractivity (Wildman–Crippen MR) is 92.1 cm³/mol. The van der Waals surface area contributed by atoms with Crippen molar-refractivity contribution in [2.75, 3.05) is 12.4 Å². The highest BCUT2D eigenvalue weighted by molar-refractivity contribution is 9.10. The van der Waals surface area contributed by atoms with Gasteiger partial charge in [0.1, 0.15) is 5.75 Å². The molecule has 5 heteroatoms. The van der Waals surface area contributed by atoms with Crippen LogP contribution in [0.1, 0.15) is 33.6 Å². The highest BCUT2D eigenvalue weighted by Gasteiger charge is 2.30. The van der Waals surface area contributed by atoms with Gasteiger partial charge in [0.2, 0.25) is 0 Å². The summed E-state index contributed by atoms with van der Waals surface area (Å²) in [6.45, 7) is 0. The van der Waals surface area contributed by atoms with E-state index in [1.807, 2.05) is 0 Å². The lowest BCUT2D eigenvalue weighted by atomic mass is 10.1. The van der Waals surface area contributed by atoms with Gasteiger partial charge in [0.25, 0.3) is 5.91 Å². The van der Waals surface area contributed by atoms with Gasteiger partial charge in [-0.1, -0.05) is 0 Å². The molecule has 1 amide bonds. The summed E-state index contributed by atoms with van der Waals surface area (Å²) in [4.78, 5) is 24.2. The number of ketones is 1. The Morgan fingerprint density at radius 1 is 1.09 bits per heavy atom. The van der Waals surface area contributed by atoms with E-state index in [-0.39, 0.29) is 17.6 Å². The summed E-state index contributed by atoms with van der Waals surface area (Å²) in [6.07, 6.45) is 1.98. The van der Waals surface area contributed by atoms with Crippen molar-refractivity contribution in [3.8, 4) is 5.75 Å². The molecular formula is C18H16BrNO3. The minimum atomic E-state index is -0.213. The van der Waals surface area contributed by atoms with Crippen molar-refractivity contribution in [3.05, 3.63) is 58.1 Å². The Labute approximate surface area is 143 Å². The zero-order valence-corrected chi connectivity index (χ0v) is 14.2. The lowest BCUT2D eigenvalue weighted by Gasteiger charge is -2.08. The lowest BCUT2D eigenvalue weighted by molar-refractivity contribution is 0.0967. The number of rotatable bonds is 5. The Morgan fingerprint density at radius 2 is 1.74 bits per heavy atom. The molecule has 0 aromatic heterocycles. The Balaban J connectivity index is 1.69. The van der Waals surface area contributed by atoms with E-state index in [0.29, 0.717) is 22.6 Å². The standard InChI is InChI=1S/C18H16BrNO3/c1-23-16-9-6-13(10-15(16)19)18(22)20-14-7-4-12(5-8-14)17(21)11-2-3-11/h4-11H,2-3H2,1H3,(H,20,22). The van der Waals surface area contributed by atoms with Gasteiger partial charge in [0.15, 0.2) is 5.78 Å². The summed E-state index contributed by atoms with van der Waals surface area (Å²) in [6, 6.07) is 12.2. The van der Waals surface area contributed by atoms with Crippen molar-refractivity contribution in [1.82, 2.24) is 0 Å². The molecule has 118 valence electrons. The van der Waals surface area contributed by atoms with Gasteiger partial charge in [-0.3, -0.25) is 9.59 Å². The van der Waals surface area contributed by atoms with E-state index >= 15 is 0 Å². The Hall–Kier alpha value is -2.14. The van der Waals surface area contributed by atoms with Crippen molar-refractivity contribution in [2.45, 2.75) is 12.8 Å². The van der Waals surface area contributed by atoms with Crippen LogP contribution in [0.5, 0.6) is 5.75 Å². The molecule has 0 bridgehead atoms. The minimum absolute atomic E-state index is 0.196. The average Bonchev–Trinajstić information content (AvgIpc) is 3.39. The van der Waals surface area contributed by atoms with Crippen LogP contribution in [0, 0.1) is 5.92 Å². The number of halogens is 1.